The highest BCUT2D eigenvalue weighted by Crippen LogP contribution is 2.27. The van der Waals surface area contributed by atoms with E-state index in [1.807, 2.05) is 18.2 Å². The highest BCUT2D eigenvalue weighted by atomic mass is 32.2. The summed E-state index contributed by atoms with van der Waals surface area (Å²) in [6, 6.07) is 18.8. The van der Waals surface area contributed by atoms with Crippen molar-refractivity contribution in [1.29, 1.82) is 0 Å². The largest absolute Gasteiger partial charge is 0.411 e. The molecule has 0 aliphatic carbocycles. The average Bonchev–Trinajstić information content (AvgIpc) is 3.42. The van der Waals surface area contributed by atoms with Gasteiger partial charge >= 0.3 is 0 Å². The van der Waals surface area contributed by atoms with Crippen LogP contribution in [0.3, 0.4) is 0 Å². The predicted molar refractivity (Wildman–Crippen MR) is 127 cm³/mol. The number of rotatable bonds is 7. The molecular formula is C25H30N4O2S. The summed E-state index contributed by atoms with van der Waals surface area (Å²) in [5.41, 5.74) is 3.53. The Morgan fingerprint density at radius 1 is 1.12 bits per heavy atom. The third-order valence-corrected chi connectivity index (χ3v) is 6.44. The fourth-order valence-electron chi connectivity index (χ4n) is 3.83. The van der Waals surface area contributed by atoms with Crippen LogP contribution in [-0.2, 0) is 16.8 Å². The molecule has 7 heteroatoms. The molecule has 3 aromatic rings. The summed E-state index contributed by atoms with van der Waals surface area (Å²) in [5, 5.41) is 11.8. The van der Waals surface area contributed by atoms with Gasteiger partial charge in [0.1, 0.15) is 0 Å². The van der Waals surface area contributed by atoms with Crippen LogP contribution >= 0.6 is 11.8 Å². The molecule has 1 fully saturated rings. The molecule has 1 amide bonds. The third kappa shape index (κ3) is 5.99. The zero-order valence-corrected chi connectivity index (χ0v) is 19.7. The van der Waals surface area contributed by atoms with Crippen molar-refractivity contribution in [2.45, 2.75) is 50.4 Å². The molecule has 1 unspecified atom stereocenters. The van der Waals surface area contributed by atoms with Gasteiger partial charge in [0.25, 0.3) is 5.22 Å². The van der Waals surface area contributed by atoms with Crippen LogP contribution in [-0.4, -0.2) is 45.9 Å². The van der Waals surface area contributed by atoms with Crippen LogP contribution < -0.4 is 5.32 Å². The minimum absolute atomic E-state index is 0.00385. The van der Waals surface area contributed by atoms with Gasteiger partial charge in [-0.2, -0.15) is 0 Å². The zero-order valence-electron chi connectivity index (χ0n) is 18.9. The normalized spacial score (nSPS) is 16.9. The molecule has 32 heavy (non-hydrogen) atoms. The van der Waals surface area contributed by atoms with Gasteiger partial charge in [-0.1, -0.05) is 75.0 Å². The second-order valence-electron chi connectivity index (χ2n) is 9.26. The number of thioether (sulfide) groups is 1. The van der Waals surface area contributed by atoms with Gasteiger partial charge in [0.05, 0.1) is 5.75 Å². The number of nitrogens with zero attached hydrogens (tertiary/aromatic N) is 3. The average molecular weight is 451 g/mol. The molecule has 6 nitrogen and oxygen atoms in total. The monoisotopic (exact) mass is 450 g/mol. The van der Waals surface area contributed by atoms with E-state index in [1.54, 1.807) is 0 Å². The number of carbonyl (C=O) groups is 1. The van der Waals surface area contributed by atoms with E-state index in [-0.39, 0.29) is 23.1 Å². The Kier molecular flexibility index (Phi) is 6.96. The molecule has 1 atom stereocenters. The summed E-state index contributed by atoms with van der Waals surface area (Å²) in [6.45, 7) is 9.33. The first-order valence-corrected chi connectivity index (χ1v) is 12.0. The van der Waals surface area contributed by atoms with Gasteiger partial charge in [-0.3, -0.25) is 9.69 Å². The second kappa shape index (κ2) is 9.88. The molecule has 2 aromatic carbocycles. The maximum atomic E-state index is 12.4. The first-order chi connectivity index (χ1) is 15.4. The van der Waals surface area contributed by atoms with Crippen LogP contribution in [0.2, 0.25) is 0 Å². The molecule has 0 spiro atoms. The summed E-state index contributed by atoms with van der Waals surface area (Å²) in [4.78, 5) is 14.8. The molecule has 2 heterocycles. The molecule has 0 bridgehead atoms. The highest BCUT2D eigenvalue weighted by Gasteiger charge is 2.24. The number of carbonyl (C=O) groups excluding carboxylic acids is 1. The van der Waals surface area contributed by atoms with Gasteiger partial charge in [0, 0.05) is 31.2 Å². The lowest BCUT2D eigenvalue weighted by Crippen LogP contribution is -2.37. The topological polar surface area (TPSA) is 71.3 Å². The van der Waals surface area contributed by atoms with Crippen molar-refractivity contribution in [3.05, 3.63) is 65.7 Å². The quantitative estimate of drug-likeness (QED) is 0.534. The second-order valence-corrected chi connectivity index (χ2v) is 10.2. The van der Waals surface area contributed by atoms with Gasteiger partial charge in [-0.05, 0) is 35.1 Å². The Labute approximate surface area is 193 Å². The maximum absolute atomic E-state index is 12.4. The van der Waals surface area contributed by atoms with Crippen LogP contribution in [0.25, 0.3) is 11.5 Å². The number of benzene rings is 2. The molecule has 4 rings (SSSR count). The minimum atomic E-state index is -0.00385. The van der Waals surface area contributed by atoms with Crippen LogP contribution in [0.4, 0.5) is 0 Å². The van der Waals surface area contributed by atoms with Gasteiger partial charge in [-0.25, -0.2) is 0 Å². The predicted octanol–water partition coefficient (Wildman–Crippen LogP) is 4.52. The molecule has 0 radical (unpaired) electrons. The van der Waals surface area contributed by atoms with Crippen molar-refractivity contribution in [2.75, 3.05) is 18.8 Å². The first kappa shape index (κ1) is 22.6. The Bertz CT molecular complexity index is 1030. The van der Waals surface area contributed by atoms with E-state index < -0.39 is 0 Å². The van der Waals surface area contributed by atoms with Crippen molar-refractivity contribution in [3.63, 3.8) is 0 Å². The van der Waals surface area contributed by atoms with Gasteiger partial charge < -0.3 is 9.73 Å². The number of hydrogen-bond donors (Lipinski definition) is 1. The van der Waals surface area contributed by atoms with Crippen LogP contribution in [0.5, 0.6) is 0 Å². The fourth-order valence-corrected chi connectivity index (χ4v) is 4.40. The van der Waals surface area contributed by atoms with Crippen LogP contribution in [0.15, 0.2) is 64.2 Å². The molecule has 168 valence electrons. The molecule has 1 aromatic heterocycles. The number of amides is 1. The molecule has 1 aliphatic rings. The Balaban J connectivity index is 1.23. The van der Waals surface area contributed by atoms with E-state index in [0.717, 1.165) is 31.6 Å². The summed E-state index contributed by atoms with van der Waals surface area (Å²) in [7, 11) is 0. The van der Waals surface area contributed by atoms with Crippen molar-refractivity contribution >= 4 is 17.7 Å². The number of hydrogen-bond acceptors (Lipinski definition) is 6. The lowest BCUT2D eigenvalue weighted by molar-refractivity contribution is -0.119. The number of nitrogens with one attached hydrogen (secondary N) is 1. The highest BCUT2D eigenvalue weighted by molar-refractivity contribution is 7.99. The number of aromatic nitrogens is 2. The van der Waals surface area contributed by atoms with Crippen LogP contribution in [0, 0.1) is 0 Å². The minimum Gasteiger partial charge on any atom is -0.411 e. The van der Waals surface area contributed by atoms with E-state index in [1.165, 1.54) is 22.9 Å². The molecule has 1 N–H and O–H groups in total. The van der Waals surface area contributed by atoms with E-state index in [4.69, 9.17) is 4.42 Å². The smallest absolute Gasteiger partial charge is 0.277 e. The molecular weight excluding hydrogens is 420 g/mol. The zero-order chi connectivity index (χ0) is 22.6. The summed E-state index contributed by atoms with van der Waals surface area (Å²) in [6.07, 6.45) is 0.971. The maximum Gasteiger partial charge on any atom is 0.277 e. The fraction of sp³-hybridized carbons (Fsp3) is 0.400. The van der Waals surface area contributed by atoms with E-state index in [0.29, 0.717) is 11.1 Å². The van der Waals surface area contributed by atoms with Crippen molar-refractivity contribution in [2.24, 2.45) is 0 Å². The standard InChI is InChI=1S/C25H30N4O2S/c1-25(2,3)20-11-9-19(10-12-20)23-27-28-24(31-23)32-17-22(30)26-21-13-14-29(16-21)15-18-7-5-4-6-8-18/h4-12,21H,13-17H2,1-3H3,(H,26,30). The SMILES string of the molecule is CC(C)(C)c1ccc(-c2nnc(SCC(=O)NC3CCN(Cc4ccccc4)C3)o2)cc1. The van der Waals surface area contributed by atoms with Crippen molar-refractivity contribution in [1.82, 2.24) is 20.4 Å². The van der Waals surface area contributed by atoms with Crippen LogP contribution in [0.1, 0.15) is 38.3 Å². The van der Waals surface area contributed by atoms with Gasteiger partial charge in [0.15, 0.2) is 0 Å². The lowest BCUT2D eigenvalue weighted by atomic mass is 9.87. The van der Waals surface area contributed by atoms with Crippen molar-refractivity contribution in [3.8, 4) is 11.5 Å². The van der Waals surface area contributed by atoms with E-state index in [9.17, 15) is 4.79 Å². The lowest BCUT2D eigenvalue weighted by Gasteiger charge is -2.18. The number of likely N-dealkylation sites (tertiary alicyclic amines) is 1. The summed E-state index contributed by atoms with van der Waals surface area (Å²) < 4.78 is 5.75. The van der Waals surface area contributed by atoms with E-state index >= 15 is 0 Å². The van der Waals surface area contributed by atoms with E-state index in [2.05, 4.69) is 77.6 Å². The Morgan fingerprint density at radius 2 is 1.88 bits per heavy atom. The first-order valence-electron chi connectivity index (χ1n) is 11.0. The molecule has 1 saturated heterocycles. The van der Waals surface area contributed by atoms with Gasteiger partial charge in [-0.15, -0.1) is 10.2 Å². The molecule has 1 aliphatic heterocycles. The summed E-state index contributed by atoms with van der Waals surface area (Å²) in [5.74, 6) is 0.733. The van der Waals surface area contributed by atoms with Crippen molar-refractivity contribution < 1.29 is 9.21 Å². The molecule has 0 saturated carbocycles. The Morgan fingerprint density at radius 3 is 2.59 bits per heavy atom. The Hall–Kier alpha value is -2.64. The third-order valence-electron chi connectivity index (χ3n) is 5.62. The van der Waals surface area contributed by atoms with Gasteiger partial charge in [0.2, 0.25) is 11.8 Å². The summed E-state index contributed by atoms with van der Waals surface area (Å²) >= 11 is 1.27.